The molecule has 10 heavy (non-hydrogen) atoms. The van der Waals surface area contributed by atoms with Crippen molar-refractivity contribution in [2.24, 2.45) is 0 Å². The molecule has 0 aromatic rings. The van der Waals surface area contributed by atoms with Gasteiger partial charge in [0.15, 0.2) is 0 Å². The van der Waals surface area contributed by atoms with E-state index in [1.54, 1.807) is 6.08 Å². The fraction of sp³-hybridized carbons (Fsp3) is 0.571. The summed E-state index contributed by atoms with van der Waals surface area (Å²) in [4.78, 5) is 10.3. The van der Waals surface area contributed by atoms with Gasteiger partial charge in [0.25, 0.3) is 0 Å². The van der Waals surface area contributed by atoms with Gasteiger partial charge < -0.3 is 5.11 Å². The van der Waals surface area contributed by atoms with Crippen molar-refractivity contribution in [3.8, 4) is 0 Å². The maximum absolute atomic E-state index is 10.0. The second kappa shape index (κ2) is 5.47. The number of hydrogen-bond acceptors (Lipinski definition) is 1. The number of carboxylic acids is 1. The summed E-state index contributed by atoms with van der Waals surface area (Å²) in [6.07, 6.45) is 4.61. The highest BCUT2D eigenvalue weighted by molar-refractivity contribution is 9.09. The minimum absolute atomic E-state index is 0.113. The lowest BCUT2D eigenvalue weighted by molar-refractivity contribution is -0.136. The molecule has 0 aliphatic heterocycles. The van der Waals surface area contributed by atoms with Gasteiger partial charge in [0.05, 0.1) is 6.42 Å². The van der Waals surface area contributed by atoms with E-state index in [0.717, 1.165) is 6.42 Å². The molecule has 58 valence electrons. The van der Waals surface area contributed by atoms with E-state index in [2.05, 4.69) is 15.9 Å². The molecule has 1 atom stereocenters. The van der Waals surface area contributed by atoms with Gasteiger partial charge in [0, 0.05) is 4.83 Å². The van der Waals surface area contributed by atoms with Gasteiger partial charge in [-0.05, 0) is 6.42 Å². The van der Waals surface area contributed by atoms with E-state index < -0.39 is 5.97 Å². The molecule has 2 nitrogen and oxygen atoms in total. The molecule has 1 N–H and O–H groups in total. The van der Waals surface area contributed by atoms with Gasteiger partial charge in [-0.15, -0.1) is 0 Å². The first kappa shape index (κ1) is 9.69. The van der Waals surface area contributed by atoms with Crippen LogP contribution in [0.5, 0.6) is 0 Å². The molecule has 0 radical (unpaired) electrons. The number of carboxylic acid groups (broad SMARTS) is 1. The summed E-state index contributed by atoms with van der Waals surface area (Å²) >= 11 is 3.35. The van der Waals surface area contributed by atoms with Gasteiger partial charge >= 0.3 is 5.97 Å². The van der Waals surface area contributed by atoms with Gasteiger partial charge in [0.1, 0.15) is 0 Å². The summed E-state index contributed by atoms with van der Waals surface area (Å²) in [6, 6.07) is 0. The van der Waals surface area contributed by atoms with Crippen LogP contribution in [0.25, 0.3) is 0 Å². The smallest absolute Gasteiger partial charge is 0.307 e. The molecule has 0 rings (SSSR count). The van der Waals surface area contributed by atoms with Crippen molar-refractivity contribution in [1.82, 2.24) is 0 Å². The molecule has 0 heterocycles. The van der Waals surface area contributed by atoms with Gasteiger partial charge in [-0.2, -0.15) is 0 Å². The number of aliphatic carboxylic acids is 1. The minimum Gasteiger partial charge on any atom is -0.481 e. The Morgan fingerprint density at radius 3 is 2.80 bits per heavy atom. The van der Waals surface area contributed by atoms with Crippen molar-refractivity contribution in [3.05, 3.63) is 12.2 Å². The van der Waals surface area contributed by atoms with Crippen LogP contribution in [0.1, 0.15) is 19.8 Å². The van der Waals surface area contributed by atoms with Crippen molar-refractivity contribution in [2.75, 3.05) is 0 Å². The van der Waals surface area contributed by atoms with Crippen LogP contribution >= 0.6 is 15.9 Å². The van der Waals surface area contributed by atoms with Crippen LogP contribution in [0.4, 0.5) is 0 Å². The first-order valence-electron chi connectivity index (χ1n) is 3.19. The van der Waals surface area contributed by atoms with Gasteiger partial charge in [-0.3, -0.25) is 4.79 Å². The molecule has 0 aliphatic carbocycles. The molecule has 3 heteroatoms. The molecule has 0 amide bonds. The van der Waals surface area contributed by atoms with Crippen LogP contribution in [0, 0.1) is 0 Å². The third-order valence-electron chi connectivity index (χ3n) is 1.03. The van der Waals surface area contributed by atoms with Crippen LogP contribution in [0.15, 0.2) is 12.2 Å². The lowest BCUT2D eigenvalue weighted by Gasteiger charge is -1.95. The van der Waals surface area contributed by atoms with E-state index >= 15 is 0 Å². The highest BCUT2D eigenvalue weighted by atomic mass is 79.9. The normalized spacial score (nSPS) is 13.8. The van der Waals surface area contributed by atoms with Crippen molar-refractivity contribution in [1.29, 1.82) is 0 Å². The Hall–Kier alpha value is -0.310. The number of halogens is 1. The molecule has 0 fully saturated rings. The van der Waals surface area contributed by atoms with Gasteiger partial charge in [-0.1, -0.05) is 35.0 Å². The summed E-state index contributed by atoms with van der Waals surface area (Å²) in [5.74, 6) is -0.785. The first-order chi connectivity index (χ1) is 4.66. The standard InChI is InChI=1S/C7H11BrO2/c1-2-6(8)4-3-5-7(9)10/h3-4,6H,2,5H2,1H3,(H,9,10)/b4-3+. The van der Waals surface area contributed by atoms with Crippen molar-refractivity contribution in [2.45, 2.75) is 24.6 Å². The summed E-state index contributed by atoms with van der Waals surface area (Å²) in [5, 5.41) is 8.23. The average molecular weight is 207 g/mol. The zero-order valence-corrected chi connectivity index (χ0v) is 7.47. The van der Waals surface area contributed by atoms with E-state index in [9.17, 15) is 4.79 Å². The summed E-state index contributed by atoms with van der Waals surface area (Å²) in [5.41, 5.74) is 0. The minimum atomic E-state index is -0.785. The van der Waals surface area contributed by atoms with Crippen molar-refractivity contribution >= 4 is 21.9 Å². The van der Waals surface area contributed by atoms with E-state index in [1.807, 2.05) is 13.0 Å². The molecule has 1 unspecified atom stereocenters. The lowest BCUT2D eigenvalue weighted by Crippen LogP contribution is -1.92. The van der Waals surface area contributed by atoms with E-state index in [4.69, 9.17) is 5.11 Å². The third-order valence-corrected chi connectivity index (χ3v) is 1.98. The fourth-order valence-electron chi connectivity index (χ4n) is 0.453. The van der Waals surface area contributed by atoms with Gasteiger partial charge in [0.2, 0.25) is 0 Å². The molecular formula is C7H11BrO2. The zero-order chi connectivity index (χ0) is 7.98. The summed E-state index contributed by atoms with van der Waals surface area (Å²) in [7, 11) is 0. The SMILES string of the molecule is CCC(Br)/C=C/CC(=O)O. The Balaban J connectivity index is 3.45. The molecule has 0 aromatic carbocycles. The number of carbonyl (C=O) groups is 1. The fourth-order valence-corrected chi connectivity index (χ4v) is 0.668. The quantitative estimate of drug-likeness (QED) is 0.566. The Bertz CT molecular complexity index is 132. The van der Waals surface area contributed by atoms with Crippen LogP contribution < -0.4 is 0 Å². The average Bonchev–Trinajstić information content (AvgIpc) is 1.87. The highest BCUT2D eigenvalue weighted by Gasteiger charge is 1.93. The van der Waals surface area contributed by atoms with Crippen LogP contribution in [-0.4, -0.2) is 15.9 Å². The Morgan fingerprint density at radius 2 is 2.40 bits per heavy atom. The molecule has 0 bridgehead atoms. The van der Waals surface area contributed by atoms with Crippen molar-refractivity contribution < 1.29 is 9.90 Å². The van der Waals surface area contributed by atoms with E-state index in [0.29, 0.717) is 4.83 Å². The van der Waals surface area contributed by atoms with Crippen LogP contribution in [-0.2, 0) is 4.79 Å². The topological polar surface area (TPSA) is 37.3 Å². The first-order valence-corrected chi connectivity index (χ1v) is 4.11. The number of rotatable bonds is 4. The lowest BCUT2D eigenvalue weighted by atomic mass is 10.3. The summed E-state index contributed by atoms with van der Waals surface area (Å²) in [6.45, 7) is 2.03. The molecular weight excluding hydrogens is 196 g/mol. The second-order valence-electron chi connectivity index (χ2n) is 1.95. The zero-order valence-electron chi connectivity index (χ0n) is 5.88. The molecule has 0 spiro atoms. The molecule has 0 saturated heterocycles. The maximum Gasteiger partial charge on any atom is 0.307 e. The molecule has 0 aliphatic rings. The van der Waals surface area contributed by atoms with Crippen molar-refractivity contribution in [3.63, 3.8) is 0 Å². The third kappa shape index (κ3) is 5.82. The van der Waals surface area contributed by atoms with E-state index in [1.165, 1.54) is 0 Å². The van der Waals surface area contributed by atoms with Crippen LogP contribution in [0.3, 0.4) is 0 Å². The Kier molecular flexibility index (Phi) is 5.30. The number of hydrogen-bond donors (Lipinski definition) is 1. The number of alkyl halides is 1. The Morgan fingerprint density at radius 1 is 1.80 bits per heavy atom. The predicted octanol–water partition coefficient (Wildman–Crippen LogP) is 2.19. The van der Waals surface area contributed by atoms with Crippen LogP contribution in [0.2, 0.25) is 0 Å². The second-order valence-corrected chi connectivity index (χ2v) is 3.13. The highest BCUT2D eigenvalue weighted by Crippen LogP contribution is 2.05. The maximum atomic E-state index is 10.0. The summed E-state index contributed by atoms with van der Waals surface area (Å²) < 4.78 is 0. The molecule has 0 saturated carbocycles. The predicted molar refractivity (Wildman–Crippen MR) is 44.4 cm³/mol. The molecule has 0 aromatic heterocycles. The Labute approximate surface area is 69.1 Å². The number of allylic oxidation sites excluding steroid dienone is 1. The monoisotopic (exact) mass is 206 g/mol. The van der Waals surface area contributed by atoms with Gasteiger partial charge in [-0.25, -0.2) is 0 Å². The largest absolute Gasteiger partial charge is 0.481 e. The van der Waals surface area contributed by atoms with E-state index in [-0.39, 0.29) is 6.42 Å².